The van der Waals surface area contributed by atoms with E-state index in [0.29, 0.717) is 5.71 Å². The highest BCUT2D eigenvalue weighted by molar-refractivity contribution is 6.13. The number of nitrogens with one attached hydrogen (secondary N) is 1. The monoisotopic (exact) mass is 755 g/mol. The van der Waals surface area contributed by atoms with Gasteiger partial charge in [-0.15, -0.1) is 0 Å². The first-order valence-corrected chi connectivity index (χ1v) is 20.1. The molecule has 0 bridgehead atoms. The molecule has 1 aliphatic carbocycles. The Kier molecular flexibility index (Phi) is 8.99. The molecule has 0 unspecified atom stereocenters. The predicted octanol–water partition coefficient (Wildman–Crippen LogP) is 14.2. The molecule has 1 aromatic heterocycles. The molecule has 0 fully saturated rings. The highest BCUT2D eigenvalue weighted by Crippen LogP contribution is 2.54. The zero-order chi connectivity index (χ0) is 39.9. The van der Waals surface area contributed by atoms with E-state index in [1.165, 1.54) is 44.2 Å². The Hall–Kier alpha value is -7.49. The second kappa shape index (κ2) is 14.8. The van der Waals surface area contributed by atoms with E-state index in [1.54, 1.807) is 6.20 Å². The molecule has 10 rings (SSSR count). The fraction of sp³-hybridized carbons (Fsp3) is 0.0536. The Balaban J connectivity index is 1.05. The molecule has 0 saturated heterocycles. The van der Waals surface area contributed by atoms with Gasteiger partial charge < -0.3 is 5.41 Å². The van der Waals surface area contributed by atoms with Crippen LogP contribution in [0.3, 0.4) is 0 Å². The van der Waals surface area contributed by atoms with Crippen molar-refractivity contribution in [2.45, 2.75) is 19.3 Å². The third-order valence-electron chi connectivity index (χ3n) is 11.9. The highest BCUT2D eigenvalue weighted by atomic mass is 14.7. The van der Waals surface area contributed by atoms with E-state index >= 15 is 0 Å². The minimum absolute atomic E-state index is 0.0911. The van der Waals surface area contributed by atoms with Crippen LogP contribution in [0, 0.1) is 5.41 Å². The van der Waals surface area contributed by atoms with Crippen LogP contribution in [-0.4, -0.2) is 16.9 Å². The lowest BCUT2D eigenvalue weighted by Gasteiger charge is -2.21. The normalized spacial score (nSPS) is 13.2. The molecule has 0 aliphatic heterocycles. The molecule has 1 N–H and O–H groups in total. The van der Waals surface area contributed by atoms with Gasteiger partial charge in [0.15, 0.2) is 0 Å². The lowest BCUT2D eigenvalue weighted by Crippen LogP contribution is -2.14. The number of allylic oxidation sites excluding steroid dienone is 1. The highest BCUT2D eigenvalue weighted by Gasteiger charge is 2.37. The molecule has 0 amide bonds. The van der Waals surface area contributed by atoms with Crippen molar-refractivity contribution in [3.63, 3.8) is 0 Å². The summed E-state index contributed by atoms with van der Waals surface area (Å²) < 4.78 is 0. The van der Waals surface area contributed by atoms with Gasteiger partial charge in [-0.1, -0.05) is 184 Å². The lowest BCUT2D eigenvalue weighted by molar-refractivity contribution is 0.661. The zero-order valence-corrected chi connectivity index (χ0v) is 33.0. The van der Waals surface area contributed by atoms with Gasteiger partial charge in [0.05, 0.1) is 11.4 Å². The second-order valence-corrected chi connectivity index (χ2v) is 15.8. The van der Waals surface area contributed by atoms with Crippen molar-refractivity contribution in [2.75, 3.05) is 0 Å². The van der Waals surface area contributed by atoms with E-state index < -0.39 is 0 Å². The van der Waals surface area contributed by atoms with Crippen molar-refractivity contribution in [3.8, 4) is 44.5 Å². The number of nitrogens with zero attached hydrogens (tertiary/aromatic N) is 2. The van der Waals surface area contributed by atoms with Crippen LogP contribution in [0.5, 0.6) is 0 Å². The summed E-state index contributed by atoms with van der Waals surface area (Å²) in [5, 5.41) is 14.1. The Morgan fingerprint density at radius 3 is 2.03 bits per heavy atom. The average Bonchev–Trinajstić information content (AvgIpc) is 3.54. The summed E-state index contributed by atoms with van der Waals surface area (Å²) in [5.74, 6) is 0. The van der Waals surface area contributed by atoms with Crippen molar-refractivity contribution in [3.05, 3.63) is 228 Å². The maximum Gasteiger partial charge on any atom is 0.0729 e. The number of benzene rings is 8. The summed E-state index contributed by atoms with van der Waals surface area (Å²) >= 11 is 0. The van der Waals surface area contributed by atoms with Crippen LogP contribution in [0.4, 0.5) is 0 Å². The minimum Gasteiger partial charge on any atom is -0.300 e. The van der Waals surface area contributed by atoms with Gasteiger partial charge in [-0.3, -0.25) is 9.98 Å². The first-order valence-electron chi connectivity index (χ1n) is 20.1. The summed E-state index contributed by atoms with van der Waals surface area (Å²) in [6, 6.07) is 64.3. The SMILES string of the molecule is CC1(C)c2cccc(-c3ccc(-c4ccc(/C(=C/C(=N)c5cccc(-c6cccnc6)c5)N=Cc5ccccc5)c5ccccc45)cc3)c2-c2c1ccc1ccccc21. The molecule has 1 heterocycles. The van der Waals surface area contributed by atoms with Crippen LogP contribution in [0.25, 0.3) is 71.7 Å². The second-order valence-electron chi connectivity index (χ2n) is 15.8. The predicted molar refractivity (Wildman–Crippen MR) is 248 cm³/mol. The summed E-state index contributed by atoms with van der Waals surface area (Å²) in [6.07, 6.45) is 7.40. The smallest absolute Gasteiger partial charge is 0.0729 e. The number of aliphatic imine (C=N–C) groups is 1. The van der Waals surface area contributed by atoms with Crippen LogP contribution < -0.4 is 0 Å². The maximum atomic E-state index is 9.31. The van der Waals surface area contributed by atoms with E-state index in [9.17, 15) is 5.41 Å². The van der Waals surface area contributed by atoms with Gasteiger partial charge in [0, 0.05) is 40.7 Å². The average molecular weight is 756 g/mol. The van der Waals surface area contributed by atoms with Crippen molar-refractivity contribution in [2.24, 2.45) is 4.99 Å². The number of hydrogen-bond acceptors (Lipinski definition) is 3. The van der Waals surface area contributed by atoms with E-state index in [2.05, 4.69) is 140 Å². The number of hydrogen-bond donors (Lipinski definition) is 1. The molecule has 9 aromatic rings. The number of aromatic nitrogens is 1. The largest absolute Gasteiger partial charge is 0.300 e. The molecule has 0 spiro atoms. The summed E-state index contributed by atoms with van der Waals surface area (Å²) in [4.78, 5) is 9.37. The standard InChI is InChI=1S/C56H41N3/c1-56(2)50-23-11-22-46(54(50)55-45-19-7-6-15-38(45)28-31-51(55)56)40-26-24-39(25-27-40)44-29-30-49(48-21-9-8-20-47(44)48)53(59-35-37-13-4-3-5-14-37)34-52(57)42-17-10-16-41(33-42)43-18-12-32-58-36-43/h3-36,57H,1-2H3/b53-34-,57-52?,59-35?. The van der Waals surface area contributed by atoms with Crippen LogP contribution in [0.15, 0.2) is 205 Å². The van der Waals surface area contributed by atoms with Crippen molar-refractivity contribution < 1.29 is 0 Å². The Morgan fingerprint density at radius 2 is 1.24 bits per heavy atom. The summed E-state index contributed by atoms with van der Waals surface area (Å²) in [7, 11) is 0. The molecule has 3 heteroatoms. The topological polar surface area (TPSA) is 49.1 Å². The Labute approximate surface area is 345 Å². The molecule has 59 heavy (non-hydrogen) atoms. The van der Waals surface area contributed by atoms with E-state index in [4.69, 9.17) is 4.99 Å². The van der Waals surface area contributed by atoms with Crippen LogP contribution >= 0.6 is 0 Å². The fourth-order valence-corrected chi connectivity index (χ4v) is 8.88. The van der Waals surface area contributed by atoms with E-state index in [1.807, 2.05) is 79.2 Å². The third kappa shape index (κ3) is 6.47. The van der Waals surface area contributed by atoms with Crippen molar-refractivity contribution >= 4 is 39.2 Å². The van der Waals surface area contributed by atoms with Gasteiger partial charge in [-0.05, 0) is 95.4 Å². The third-order valence-corrected chi connectivity index (χ3v) is 11.9. The molecule has 0 atom stereocenters. The fourth-order valence-electron chi connectivity index (χ4n) is 8.88. The Bertz CT molecular complexity index is 3120. The van der Waals surface area contributed by atoms with E-state index in [0.717, 1.165) is 55.4 Å². The molecule has 0 radical (unpaired) electrons. The van der Waals surface area contributed by atoms with Gasteiger partial charge in [-0.25, -0.2) is 0 Å². The summed E-state index contributed by atoms with van der Waals surface area (Å²) in [5.41, 5.74) is 16.0. The first kappa shape index (κ1) is 35.9. The van der Waals surface area contributed by atoms with Gasteiger partial charge in [-0.2, -0.15) is 0 Å². The zero-order valence-electron chi connectivity index (χ0n) is 33.0. The quantitative estimate of drug-likeness (QED) is 0.154. The summed E-state index contributed by atoms with van der Waals surface area (Å²) in [6.45, 7) is 4.71. The van der Waals surface area contributed by atoms with Crippen LogP contribution in [0.2, 0.25) is 0 Å². The van der Waals surface area contributed by atoms with Crippen LogP contribution in [0.1, 0.15) is 41.7 Å². The number of pyridine rings is 1. The van der Waals surface area contributed by atoms with Gasteiger partial charge in [0.2, 0.25) is 0 Å². The maximum absolute atomic E-state index is 9.31. The molecule has 3 nitrogen and oxygen atoms in total. The number of rotatable bonds is 8. The molecular weight excluding hydrogens is 715 g/mol. The van der Waals surface area contributed by atoms with Crippen LogP contribution in [-0.2, 0) is 5.41 Å². The van der Waals surface area contributed by atoms with Gasteiger partial charge >= 0.3 is 0 Å². The Morgan fingerprint density at radius 1 is 0.542 bits per heavy atom. The molecule has 1 aliphatic rings. The molecular formula is C56H41N3. The van der Waals surface area contributed by atoms with Gasteiger partial charge in [0.25, 0.3) is 0 Å². The molecule has 8 aromatic carbocycles. The van der Waals surface area contributed by atoms with Crippen molar-refractivity contribution in [1.82, 2.24) is 4.98 Å². The van der Waals surface area contributed by atoms with Gasteiger partial charge in [0.1, 0.15) is 0 Å². The first-order chi connectivity index (χ1) is 28.9. The molecule has 280 valence electrons. The van der Waals surface area contributed by atoms with Crippen molar-refractivity contribution in [1.29, 1.82) is 5.41 Å². The number of fused-ring (bicyclic) bond motifs is 6. The minimum atomic E-state index is -0.0911. The van der Waals surface area contributed by atoms with E-state index in [-0.39, 0.29) is 5.41 Å². The molecule has 0 saturated carbocycles. The lowest BCUT2D eigenvalue weighted by atomic mass is 9.81.